The Morgan fingerprint density at radius 3 is 2.72 bits per heavy atom. The molecule has 2 heteroatoms. The van der Waals surface area contributed by atoms with Gasteiger partial charge >= 0.3 is 0 Å². The number of hydrogen-bond donors (Lipinski definition) is 1. The van der Waals surface area contributed by atoms with Crippen molar-refractivity contribution in [1.29, 1.82) is 0 Å². The minimum absolute atomic E-state index is 0.570. The molecule has 0 aliphatic heterocycles. The van der Waals surface area contributed by atoms with Gasteiger partial charge in [-0.25, -0.2) is 0 Å². The molecule has 0 spiro atoms. The van der Waals surface area contributed by atoms with Gasteiger partial charge in [-0.15, -0.1) is 11.8 Å². The summed E-state index contributed by atoms with van der Waals surface area (Å²) in [5, 5.41) is 4.51. The Labute approximate surface area is 116 Å². The first-order valence-corrected chi connectivity index (χ1v) is 8.19. The molecule has 0 bridgehead atoms. The van der Waals surface area contributed by atoms with Gasteiger partial charge < -0.3 is 5.32 Å². The average molecular weight is 263 g/mol. The summed E-state index contributed by atoms with van der Waals surface area (Å²) < 4.78 is 0. The van der Waals surface area contributed by atoms with E-state index in [1.165, 1.54) is 49.1 Å². The maximum atomic E-state index is 3.66. The quantitative estimate of drug-likeness (QED) is 0.745. The maximum absolute atomic E-state index is 3.66. The molecule has 1 nitrogen and oxygen atoms in total. The molecule has 1 aromatic carbocycles. The fourth-order valence-corrected chi connectivity index (χ4v) is 3.98. The van der Waals surface area contributed by atoms with E-state index in [0.29, 0.717) is 6.04 Å². The van der Waals surface area contributed by atoms with Gasteiger partial charge in [0, 0.05) is 21.9 Å². The highest BCUT2D eigenvalue weighted by Crippen LogP contribution is 2.38. The lowest BCUT2D eigenvalue weighted by atomic mass is 10.2. The van der Waals surface area contributed by atoms with Crippen LogP contribution in [0.4, 0.5) is 5.69 Å². The Morgan fingerprint density at radius 2 is 2.00 bits per heavy atom. The molecule has 1 N–H and O–H groups in total. The van der Waals surface area contributed by atoms with Crippen molar-refractivity contribution in [1.82, 2.24) is 0 Å². The number of nitrogens with one attached hydrogen (secondary N) is 1. The van der Waals surface area contributed by atoms with E-state index in [2.05, 4.69) is 55.2 Å². The largest absolute Gasteiger partial charge is 0.382 e. The van der Waals surface area contributed by atoms with Crippen molar-refractivity contribution in [3.8, 4) is 0 Å². The normalized spacial score (nSPS) is 17.9. The summed E-state index contributed by atoms with van der Waals surface area (Å²) in [6, 6.07) is 9.36. The molecule has 18 heavy (non-hydrogen) atoms. The molecule has 1 aliphatic rings. The molecule has 1 atom stereocenters. The van der Waals surface area contributed by atoms with Gasteiger partial charge in [-0.1, -0.05) is 38.3 Å². The third kappa shape index (κ3) is 3.94. The van der Waals surface area contributed by atoms with Crippen LogP contribution in [0.5, 0.6) is 0 Å². The van der Waals surface area contributed by atoms with Crippen molar-refractivity contribution >= 4 is 17.4 Å². The SMILES string of the molecule is CCCC(C)Nc1ccccc1SC1CCCC1. The van der Waals surface area contributed by atoms with Gasteiger partial charge in [0.2, 0.25) is 0 Å². The van der Waals surface area contributed by atoms with E-state index < -0.39 is 0 Å². The summed E-state index contributed by atoms with van der Waals surface area (Å²) in [6.07, 6.45) is 8.10. The fourth-order valence-electron chi connectivity index (χ4n) is 2.65. The number of para-hydroxylation sites is 1. The lowest BCUT2D eigenvalue weighted by Gasteiger charge is -2.18. The van der Waals surface area contributed by atoms with Crippen molar-refractivity contribution in [2.45, 2.75) is 68.6 Å². The topological polar surface area (TPSA) is 12.0 Å². The van der Waals surface area contributed by atoms with Crippen molar-refractivity contribution in [2.75, 3.05) is 5.32 Å². The summed E-state index contributed by atoms with van der Waals surface area (Å²) in [5.74, 6) is 0. The second-order valence-electron chi connectivity index (χ2n) is 5.35. The van der Waals surface area contributed by atoms with Gasteiger partial charge in [0.05, 0.1) is 0 Å². The Balaban J connectivity index is 2.00. The molecule has 1 saturated carbocycles. The maximum Gasteiger partial charge on any atom is 0.0480 e. The molecule has 1 unspecified atom stereocenters. The van der Waals surface area contributed by atoms with Gasteiger partial charge in [0.15, 0.2) is 0 Å². The average Bonchev–Trinajstić information content (AvgIpc) is 2.85. The highest BCUT2D eigenvalue weighted by Gasteiger charge is 2.17. The lowest BCUT2D eigenvalue weighted by molar-refractivity contribution is 0.689. The number of thioether (sulfide) groups is 1. The summed E-state index contributed by atoms with van der Waals surface area (Å²) in [5.41, 5.74) is 1.33. The van der Waals surface area contributed by atoms with Gasteiger partial charge in [-0.2, -0.15) is 0 Å². The van der Waals surface area contributed by atoms with Crippen molar-refractivity contribution in [2.24, 2.45) is 0 Å². The predicted molar refractivity (Wildman–Crippen MR) is 82.5 cm³/mol. The highest BCUT2D eigenvalue weighted by atomic mass is 32.2. The van der Waals surface area contributed by atoms with Crippen molar-refractivity contribution < 1.29 is 0 Å². The molecule has 1 aliphatic carbocycles. The van der Waals surface area contributed by atoms with Crippen LogP contribution < -0.4 is 5.32 Å². The molecule has 0 saturated heterocycles. The third-order valence-electron chi connectivity index (χ3n) is 3.61. The summed E-state index contributed by atoms with van der Waals surface area (Å²) >= 11 is 2.08. The van der Waals surface area contributed by atoms with E-state index >= 15 is 0 Å². The number of hydrogen-bond acceptors (Lipinski definition) is 2. The van der Waals surface area contributed by atoms with Gasteiger partial charge in [0.25, 0.3) is 0 Å². The van der Waals surface area contributed by atoms with Crippen LogP contribution in [0, 0.1) is 0 Å². The van der Waals surface area contributed by atoms with Crippen molar-refractivity contribution in [3.05, 3.63) is 24.3 Å². The first-order valence-electron chi connectivity index (χ1n) is 7.32. The Morgan fingerprint density at radius 1 is 1.28 bits per heavy atom. The molecule has 100 valence electrons. The second kappa shape index (κ2) is 7.08. The zero-order chi connectivity index (χ0) is 12.8. The number of anilines is 1. The zero-order valence-corrected chi connectivity index (χ0v) is 12.4. The summed E-state index contributed by atoms with van der Waals surface area (Å²) in [4.78, 5) is 1.44. The summed E-state index contributed by atoms with van der Waals surface area (Å²) in [6.45, 7) is 4.53. The van der Waals surface area contributed by atoms with Crippen LogP contribution in [-0.4, -0.2) is 11.3 Å². The molecular weight excluding hydrogens is 238 g/mol. The predicted octanol–water partition coefficient (Wildman–Crippen LogP) is 5.32. The van der Waals surface area contributed by atoms with E-state index in [1.807, 2.05) is 0 Å². The highest BCUT2D eigenvalue weighted by molar-refractivity contribution is 8.00. The minimum Gasteiger partial charge on any atom is -0.382 e. The Bertz CT molecular complexity index is 358. The number of benzene rings is 1. The molecule has 0 amide bonds. The zero-order valence-electron chi connectivity index (χ0n) is 11.6. The molecular formula is C16H25NS. The van der Waals surface area contributed by atoms with Crippen LogP contribution in [0.1, 0.15) is 52.4 Å². The Hall–Kier alpha value is -0.630. The van der Waals surface area contributed by atoms with Crippen LogP contribution in [-0.2, 0) is 0 Å². The van der Waals surface area contributed by atoms with Crippen LogP contribution in [0.25, 0.3) is 0 Å². The first-order chi connectivity index (χ1) is 8.79. The van der Waals surface area contributed by atoms with Crippen LogP contribution in [0.3, 0.4) is 0 Å². The van der Waals surface area contributed by atoms with E-state index in [-0.39, 0.29) is 0 Å². The molecule has 1 aromatic rings. The van der Waals surface area contributed by atoms with Crippen molar-refractivity contribution in [3.63, 3.8) is 0 Å². The van der Waals surface area contributed by atoms with Crippen LogP contribution in [0.2, 0.25) is 0 Å². The van der Waals surface area contributed by atoms with Crippen LogP contribution in [0.15, 0.2) is 29.2 Å². The van der Waals surface area contributed by atoms with Crippen LogP contribution >= 0.6 is 11.8 Å². The molecule has 2 rings (SSSR count). The van der Waals surface area contributed by atoms with Gasteiger partial charge in [0.1, 0.15) is 0 Å². The Kier molecular flexibility index (Phi) is 5.43. The number of rotatable bonds is 6. The summed E-state index contributed by atoms with van der Waals surface area (Å²) in [7, 11) is 0. The molecule has 0 radical (unpaired) electrons. The lowest BCUT2D eigenvalue weighted by Crippen LogP contribution is -2.15. The second-order valence-corrected chi connectivity index (χ2v) is 6.70. The molecule has 0 aromatic heterocycles. The molecule has 1 fully saturated rings. The minimum atomic E-state index is 0.570. The standard InChI is InChI=1S/C16H25NS/c1-3-8-13(2)17-15-11-6-7-12-16(15)18-14-9-4-5-10-14/h6-7,11-14,17H,3-5,8-10H2,1-2H3. The monoisotopic (exact) mass is 263 g/mol. The van der Waals surface area contributed by atoms with E-state index in [4.69, 9.17) is 0 Å². The van der Waals surface area contributed by atoms with E-state index in [1.54, 1.807) is 0 Å². The van der Waals surface area contributed by atoms with E-state index in [0.717, 1.165) is 5.25 Å². The first kappa shape index (κ1) is 13.8. The van der Waals surface area contributed by atoms with Gasteiger partial charge in [-0.05, 0) is 38.3 Å². The van der Waals surface area contributed by atoms with Gasteiger partial charge in [-0.3, -0.25) is 0 Å². The smallest absolute Gasteiger partial charge is 0.0480 e. The fraction of sp³-hybridized carbons (Fsp3) is 0.625. The molecule has 0 heterocycles. The van der Waals surface area contributed by atoms with E-state index in [9.17, 15) is 0 Å². The third-order valence-corrected chi connectivity index (χ3v) is 5.02.